The summed E-state index contributed by atoms with van der Waals surface area (Å²) in [6, 6.07) is 0.0396. The maximum Gasteiger partial charge on any atom is 0.223 e. The average Bonchev–Trinajstić information content (AvgIpc) is 2.95. The van der Waals surface area contributed by atoms with Crippen molar-refractivity contribution in [2.24, 2.45) is 17.6 Å². The second-order valence-electron chi connectivity index (χ2n) is 5.45. The van der Waals surface area contributed by atoms with E-state index in [0.717, 1.165) is 34.8 Å². The van der Waals surface area contributed by atoms with Gasteiger partial charge < -0.3 is 11.1 Å². The van der Waals surface area contributed by atoms with Gasteiger partial charge in [-0.2, -0.15) is 0 Å². The fourth-order valence-corrected chi connectivity index (χ4v) is 3.93. The Morgan fingerprint density at radius 2 is 2.26 bits per heavy atom. The first-order chi connectivity index (χ1) is 9.02. The lowest BCUT2D eigenvalue weighted by Crippen LogP contribution is -2.36. The van der Waals surface area contributed by atoms with Gasteiger partial charge in [-0.15, -0.1) is 11.3 Å². The van der Waals surface area contributed by atoms with Gasteiger partial charge in [0.1, 0.15) is 0 Å². The van der Waals surface area contributed by atoms with Gasteiger partial charge in [0, 0.05) is 10.8 Å². The SMILES string of the molecule is Cc1nc(C)c(C(C)NC(=O)C2CCCC2CN)s1. The molecule has 2 rings (SSSR count). The molecule has 1 heterocycles. The molecule has 0 saturated heterocycles. The number of carbonyl (C=O) groups is 1. The second-order valence-corrected chi connectivity index (χ2v) is 6.68. The second kappa shape index (κ2) is 6.01. The molecule has 1 aliphatic rings. The minimum absolute atomic E-state index is 0.0396. The molecule has 0 spiro atoms. The topological polar surface area (TPSA) is 68.0 Å². The van der Waals surface area contributed by atoms with E-state index >= 15 is 0 Å². The molecule has 1 fully saturated rings. The van der Waals surface area contributed by atoms with Gasteiger partial charge in [-0.05, 0) is 46.1 Å². The highest BCUT2D eigenvalue weighted by Crippen LogP contribution is 2.32. The van der Waals surface area contributed by atoms with E-state index in [2.05, 4.69) is 10.3 Å². The Balaban J connectivity index is 2.00. The molecule has 0 aromatic carbocycles. The van der Waals surface area contributed by atoms with Crippen LogP contribution in [0.25, 0.3) is 0 Å². The monoisotopic (exact) mass is 281 g/mol. The van der Waals surface area contributed by atoms with Crippen LogP contribution in [-0.2, 0) is 4.79 Å². The lowest BCUT2D eigenvalue weighted by Gasteiger charge is -2.20. The molecule has 4 nitrogen and oxygen atoms in total. The summed E-state index contributed by atoms with van der Waals surface area (Å²) in [5.74, 6) is 0.615. The minimum Gasteiger partial charge on any atom is -0.348 e. The van der Waals surface area contributed by atoms with Crippen LogP contribution in [-0.4, -0.2) is 17.4 Å². The predicted molar refractivity (Wildman–Crippen MR) is 78.0 cm³/mol. The standard InChI is InChI=1S/C14H23N3OS/c1-8-13(19-10(3)16-8)9(2)17-14(18)12-6-4-5-11(12)7-15/h9,11-12H,4-7,15H2,1-3H3,(H,17,18). The maximum absolute atomic E-state index is 12.3. The molecule has 1 aromatic rings. The lowest BCUT2D eigenvalue weighted by molar-refractivity contribution is -0.126. The van der Waals surface area contributed by atoms with Crippen molar-refractivity contribution in [3.63, 3.8) is 0 Å². The molecule has 1 amide bonds. The molecule has 3 N–H and O–H groups in total. The highest BCUT2D eigenvalue weighted by atomic mass is 32.1. The summed E-state index contributed by atoms with van der Waals surface area (Å²) in [4.78, 5) is 17.9. The van der Waals surface area contributed by atoms with Gasteiger partial charge in [0.15, 0.2) is 0 Å². The van der Waals surface area contributed by atoms with Gasteiger partial charge in [0.2, 0.25) is 5.91 Å². The summed E-state index contributed by atoms with van der Waals surface area (Å²) < 4.78 is 0. The first-order valence-electron chi connectivity index (χ1n) is 6.97. The van der Waals surface area contributed by atoms with Crippen LogP contribution in [0.4, 0.5) is 0 Å². The summed E-state index contributed by atoms with van der Waals surface area (Å²) in [5, 5.41) is 4.18. The smallest absolute Gasteiger partial charge is 0.223 e. The first-order valence-corrected chi connectivity index (χ1v) is 7.79. The quantitative estimate of drug-likeness (QED) is 0.890. The number of hydrogen-bond acceptors (Lipinski definition) is 4. The van der Waals surface area contributed by atoms with Crippen molar-refractivity contribution in [2.75, 3.05) is 6.54 Å². The van der Waals surface area contributed by atoms with Crippen LogP contribution in [0.2, 0.25) is 0 Å². The Morgan fingerprint density at radius 1 is 1.53 bits per heavy atom. The van der Waals surface area contributed by atoms with Gasteiger partial charge in [0.25, 0.3) is 0 Å². The molecule has 0 aliphatic heterocycles. The van der Waals surface area contributed by atoms with Gasteiger partial charge in [-0.3, -0.25) is 4.79 Å². The zero-order valence-corrected chi connectivity index (χ0v) is 12.7. The van der Waals surface area contributed by atoms with E-state index in [0.29, 0.717) is 12.5 Å². The molecule has 19 heavy (non-hydrogen) atoms. The molecular formula is C14H23N3OS. The molecule has 0 radical (unpaired) electrons. The summed E-state index contributed by atoms with van der Waals surface area (Å²) in [6.07, 6.45) is 3.18. The molecule has 1 aliphatic carbocycles. The van der Waals surface area contributed by atoms with Gasteiger partial charge in [-0.25, -0.2) is 4.98 Å². The number of amides is 1. The Labute approximate surface area is 118 Å². The van der Waals surface area contributed by atoms with E-state index in [1.165, 1.54) is 0 Å². The zero-order valence-electron chi connectivity index (χ0n) is 11.9. The third-order valence-electron chi connectivity index (χ3n) is 3.99. The number of aryl methyl sites for hydroxylation is 2. The molecule has 106 valence electrons. The van der Waals surface area contributed by atoms with Crippen LogP contribution in [0.3, 0.4) is 0 Å². The highest BCUT2D eigenvalue weighted by molar-refractivity contribution is 7.11. The van der Waals surface area contributed by atoms with E-state index in [4.69, 9.17) is 5.73 Å². The number of nitrogens with one attached hydrogen (secondary N) is 1. The molecule has 1 aromatic heterocycles. The van der Waals surface area contributed by atoms with Gasteiger partial charge in [0.05, 0.1) is 16.7 Å². The van der Waals surface area contributed by atoms with E-state index in [9.17, 15) is 4.79 Å². The van der Waals surface area contributed by atoms with E-state index in [1.54, 1.807) is 11.3 Å². The zero-order chi connectivity index (χ0) is 14.0. The van der Waals surface area contributed by atoms with Crippen molar-refractivity contribution in [1.29, 1.82) is 0 Å². The summed E-state index contributed by atoms with van der Waals surface area (Å²) in [5.41, 5.74) is 6.77. The van der Waals surface area contributed by atoms with Crippen LogP contribution in [0.5, 0.6) is 0 Å². The third kappa shape index (κ3) is 3.15. The van der Waals surface area contributed by atoms with Crippen molar-refractivity contribution in [3.8, 4) is 0 Å². The van der Waals surface area contributed by atoms with Crippen LogP contribution in [0, 0.1) is 25.7 Å². The fourth-order valence-electron chi connectivity index (χ4n) is 3.00. The largest absolute Gasteiger partial charge is 0.348 e. The molecule has 1 saturated carbocycles. The van der Waals surface area contributed by atoms with Crippen LogP contribution < -0.4 is 11.1 Å². The van der Waals surface area contributed by atoms with Crippen molar-refractivity contribution in [2.45, 2.75) is 46.1 Å². The molecule has 5 heteroatoms. The maximum atomic E-state index is 12.3. The Hall–Kier alpha value is -0.940. The molecule has 3 atom stereocenters. The van der Waals surface area contributed by atoms with Gasteiger partial charge >= 0.3 is 0 Å². The number of aromatic nitrogens is 1. The number of rotatable bonds is 4. The Bertz CT molecular complexity index is 458. The number of thiazole rings is 1. The summed E-state index contributed by atoms with van der Waals surface area (Å²) in [6.45, 7) is 6.65. The van der Waals surface area contributed by atoms with E-state index in [1.807, 2.05) is 20.8 Å². The normalized spacial score (nSPS) is 24.4. The molecule has 3 unspecified atom stereocenters. The Morgan fingerprint density at radius 3 is 2.84 bits per heavy atom. The fraction of sp³-hybridized carbons (Fsp3) is 0.714. The lowest BCUT2D eigenvalue weighted by atomic mass is 9.95. The predicted octanol–water partition coefficient (Wildman–Crippen LogP) is 2.31. The summed E-state index contributed by atoms with van der Waals surface area (Å²) in [7, 11) is 0. The van der Waals surface area contributed by atoms with Crippen molar-refractivity contribution < 1.29 is 4.79 Å². The molecule has 0 bridgehead atoms. The van der Waals surface area contributed by atoms with E-state index < -0.39 is 0 Å². The Kier molecular flexibility index (Phi) is 4.58. The third-order valence-corrected chi connectivity index (χ3v) is 5.25. The minimum atomic E-state index is 0.0396. The number of nitrogens with two attached hydrogens (primary N) is 1. The van der Waals surface area contributed by atoms with Crippen molar-refractivity contribution in [1.82, 2.24) is 10.3 Å². The number of hydrogen-bond donors (Lipinski definition) is 2. The summed E-state index contributed by atoms with van der Waals surface area (Å²) >= 11 is 1.66. The highest BCUT2D eigenvalue weighted by Gasteiger charge is 2.32. The van der Waals surface area contributed by atoms with Crippen LogP contribution in [0.1, 0.15) is 47.8 Å². The van der Waals surface area contributed by atoms with Crippen molar-refractivity contribution >= 4 is 17.2 Å². The molecular weight excluding hydrogens is 258 g/mol. The van der Waals surface area contributed by atoms with Crippen LogP contribution in [0.15, 0.2) is 0 Å². The first kappa shape index (κ1) is 14.5. The average molecular weight is 281 g/mol. The van der Waals surface area contributed by atoms with Gasteiger partial charge in [-0.1, -0.05) is 6.42 Å². The van der Waals surface area contributed by atoms with Crippen molar-refractivity contribution in [3.05, 3.63) is 15.6 Å². The van der Waals surface area contributed by atoms with Crippen LogP contribution >= 0.6 is 11.3 Å². The number of carbonyl (C=O) groups excluding carboxylic acids is 1. The number of nitrogens with zero attached hydrogens (tertiary/aromatic N) is 1. The van der Waals surface area contributed by atoms with E-state index in [-0.39, 0.29) is 17.9 Å².